The van der Waals surface area contributed by atoms with Gasteiger partial charge in [0.05, 0.1) is 11.0 Å². The fraction of sp³-hybridized carbons (Fsp3) is 0.104. The first-order valence-corrected chi connectivity index (χ1v) is 17.7. The van der Waals surface area contributed by atoms with Gasteiger partial charge in [-0.2, -0.15) is 0 Å². The Morgan fingerprint density at radius 2 is 1.13 bits per heavy atom. The Bertz CT molecular complexity index is 2430. The van der Waals surface area contributed by atoms with E-state index in [1.165, 1.54) is 27.5 Å². The highest BCUT2D eigenvalue weighted by Crippen LogP contribution is 2.42. The molecule has 0 aliphatic carbocycles. The van der Waals surface area contributed by atoms with Gasteiger partial charge < -0.3 is 4.57 Å². The van der Waals surface area contributed by atoms with Gasteiger partial charge >= 0.3 is 0 Å². The van der Waals surface area contributed by atoms with E-state index in [0.29, 0.717) is 5.84 Å². The van der Waals surface area contributed by atoms with Crippen LogP contribution in [0.4, 0.5) is 0 Å². The summed E-state index contributed by atoms with van der Waals surface area (Å²) < 4.78 is 2.44. The molecule has 6 aromatic carbocycles. The van der Waals surface area contributed by atoms with Gasteiger partial charge in [-0.05, 0) is 73.4 Å². The second kappa shape index (κ2) is 15.2. The Morgan fingerprint density at radius 1 is 0.635 bits per heavy atom. The molecule has 1 atom stereocenters. The van der Waals surface area contributed by atoms with Crippen molar-refractivity contribution in [1.82, 2.24) is 4.57 Å². The van der Waals surface area contributed by atoms with Gasteiger partial charge in [-0.1, -0.05) is 152 Å². The molecule has 4 heteroatoms. The first-order chi connectivity index (χ1) is 25.4. The second-order valence-corrected chi connectivity index (χ2v) is 13.3. The number of aliphatic imine (C=N–C) groups is 2. The number of benzene rings is 6. The van der Waals surface area contributed by atoms with E-state index in [1.54, 1.807) is 6.21 Å². The van der Waals surface area contributed by atoms with Crippen LogP contribution in [0, 0.1) is 19.3 Å². The van der Waals surface area contributed by atoms with E-state index in [0.717, 1.165) is 44.6 Å². The lowest BCUT2D eigenvalue weighted by Gasteiger charge is -2.24. The Morgan fingerprint density at radius 3 is 1.69 bits per heavy atom. The van der Waals surface area contributed by atoms with Crippen LogP contribution in [0.5, 0.6) is 0 Å². The normalized spacial score (nSPS) is 13.5. The monoisotopic (exact) mass is 674 g/mol. The number of allylic oxidation sites excluding steroid dienone is 3. The Labute approximate surface area is 306 Å². The Kier molecular flexibility index (Phi) is 9.99. The fourth-order valence-electron chi connectivity index (χ4n) is 6.79. The quantitative estimate of drug-likeness (QED) is 0.0948. The third-order valence-corrected chi connectivity index (χ3v) is 9.51. The van der Waals surface area contributed by atoms with E-state index >= 15 is 0 Å². The van der Waals surface area contributed by atoms with E-state index in [1.807, 2.05) is 73.7 Å². The van der Waals surface area contributed by atoms with Crippen molar-refractivity contribution in [3.8, 4) is 0 Å². The molecule has 7 aromatic rings. The van der Waals surface area contributed by atoms with Gasteiger partial charge in [0.15, 0.2) is 5.84 Å². The molecule has 1 heterocycles. The predicted octanol–water partition coefficient (Wildman–Crippen LogP) is 12.1. The minimum absolute atomic E-state index is 0.00472. The molecule has 0 spiro atoms. The van der Waals surface area contributed by atoms with E-state index in [2.05, 4.69) is 122 Å². The largest absolute Gasteiger partial charge is 0.312 e. The fourth-order valence-corrected chi connectivity index (χ4v) is 6.79. The molecule has 0 radical (unpaired) electrons. The third kappa shape index (κ3) is 7.24. The number of amidine groups is 2. The van der Waals surface area contributed by atoms with Crippen LogP contribution < -0.4 is 0 Å². The molecule has 254 valence electrons. The molecule has 0 saturated heterocycles. The molecule has 1 N–H and O–H groups in total. The molecule has 0 fully saturated rings. The zero-order chi connectivity index (χ0) is 36.0. The van der Waals surface area contributed by atoms with E-state index in [4.69, 9.17) is 9.98 Å². The molecule has 0 bridgehead atoms. The smallest absolute Gasteiger partial charge is 0.161 e. The summed E-state index contributed by atoms with van der Waals surface area (Å²) in [5, 5.41) is 11.8. The SMILES string of the molecule is C/C(=C\C(=C(/C(C)c1ccccc1)n1c2ccc(C)cc2c2cc(C)ccc21)c1ccccc1)C(=N)N=C(N=Cc1ccccc1)c1ccccc1. The highest BCUT2D eigenvalue weighted by Gasteiger charge is 2.24. The van der Waals surface area contributed by atoms with Crippen LogP contribution in [-0.2, 0) is 0 Å². The summed E-state index contributed by atoms with van der Waals surface area (Å²) in [6.45, 7) is 8.57. The molecule has 0 amide bonds. The third-order valence-electron chi connectivity index (χ3n) is 9.51. The van der Waals surface area contributed by atoms with Crippen molar-refractivity contribution in [3.63, 3.8) is 0 Å². The maximum absolute atomic E-state index is 9.35. The summed E-state index contributed by atoms with van der Waals surface area (Å²) in [5.41, 5.74) is 11.7. The zero-order valence-corrected chi connectivity index (χ0v) is 30.1. The Hall–Kier alpha value is -6.39. The molecular weight excluding hydrogens is 633 g/mol. The number of fused-ring (bicyclic) bond motifs is 3. The van der Waals surface area contributed by atoms with E-state index in [9.17, 15) is 5.41 Å². The molecular formula is C48H42N4. The van der Waals surface area contributed by atoms with E-state index in [-0.39, 0.29) is 11.8 Å². The maximum Gasteiger partial charge on any atom is 0.161 e. The summed E-state index contributed by atoms with van der Waals surface area (Å²) in [6.07, 6.45) is 3.94. The van der Waals surface area contributed by atoms with Crippen LogP contribution in [0.1, 0.15) is 53.1 Å². The number of hydrogen-bond donors (Lipinski definition) is 1. The van der Waals surface area contributed by atoms with Crippen molar-refractivity contribution in [2.45, 2.75) is 33.6 Å². The van der Waals surface area contributed by atoms with Gasteiger partial charge in [0.2, 0.25) is 0 Å². The summed E-state index contributed by atoms with van der Waals surface area (Å²) in [7, 11) is 0. The average Bonchev–Trinajstić information content (AvgIpc) is 3.49. The minimum atomic E-state index is -0.00472. The minimum Gasteiger partial charge on any atom is -0.312 e. The lowest BCUT2D eigenvalue weighted by atomic mass is 9.90. The molecule has 1 aromatic heterocycles. The first-order valence-electron chi connectivity index (χ1n) is 17.7. The number of nitrogens with one attached hydrogen (secondary N) is 1. The summed E-state index contributed by atoms with van der Waals surface area (Å²) in [5.74, 6) is 0.631. The molecule has 52 heavy (non-hydrogen) atoms. The van der Waals surface area contributed by atoms with Gasteiger partial charge in [0.1, 0.15) is 5.84 Å². The van der Waals surface area contributed by atoms with Crippen LogP contribution in [0.2, 0.25) is 0 Å². The van der Waals surface area contributed by atoms with Crippen molar-refractivity contribution < 1.29 is 0 Å². The maximum atomic E-state index is 9.35. The van der Waals surface area contributed by atoms with Crippen LogP contribution in [0.25, 0.3) is 33.1 Å². The number of nitrogens with zero attached hydrogens (tertiary/aromatic N) is 3. The highest BCUT2D eigenvalue weighted by molar-refractivity contribution is 6.15. The van der Waals surface area contributed by atoms with E-state index < -0.39 is 0 Å². The van der Waals surface area contributed by atoms with Gasteiger partial charge in [0, 0.05) is 39.7 Å². The molecule has 1 unspecified atom stereocenters. The molecule has 0 saturated carbocycles. The van der Waals surface area contributed by atoms with Crippen LogP contribution >= 0.6 is 0 Å². The van der Waals surface area contributed by atoms with Crippen LogP contribution in [0.15, 0.2) is 179 Å². The first kappa shape index (κ1) is 34.1. The highest BCUT2D eigenvalue weighted by atomic mass is 15.0. The molecule has 4 nitrogen and oxygen atoms in total. The Balaban J connectivity index is 1.48. The molecule has 0 aliphatic rings. The van der Waals surface area contributed by atoms with Crippen LogP contribution in [0.3, 0.4) is 0 Å². The second-order valence-electron chi connectivity index (χ2n) is 13.3. The van der Waals surface area contributed by atoms with Gasteiger partial charge in [-0.3, -0.25) is 5.41 Å². The summed E-state index contributed by atoms with van der Waals surface area (Å²) in [6, 6.07) is 54.6. The number of aromatic nitrogens is 1. The van der Waals surface area contributed by atoms with Gasteiger partial charge in [-0.15, -0.1) is 0 Å². The summed E-state index contributed by atoms with van der Waals surface area (Å²) in [4.78, 5) is 9.65. The van der Waals surface area contributed by atoms with Gasteiger partial charge in [-0.25, -0.2) is 9.98 Å². The predicted molar refractivity (Wildman–Crippen MR) is 222 cm³/mol. The van der Waals surface area contributed by atoms with Crippen molar-refractivity contribution in [1.29, 1.82) is 5.41 Å². The number of hydrogen-bond acceptors (Lipinski definition) is 1. The van der Waals surface area contributed by atoms with Crippen molar-refractivity contribution in [2.24, 2.45) is 9.98 Å². The summed E-state index contributed by atoms with van der Waals surface area (Å²) >= 11 is 0. The lowest BCUT2D eigenvalue weighted by Crippen LogP contribution is -2.09. The van der Waals surface area contributed by atoms with Crippen LogP contribution in [-0.4, -0.2) is 22.5 Å². The number of rotatable bonds is 8. The lowest BCUT2D eigenvalue weighted by molar-refractivity contribution is 0.925. The molecule has 0 aliphatic heterocycles. The molecule has 7 rings (SSSR count). The average molecular weight is 675 g/mol. The van der Waals surface area contributed by atoms with Crippen molar-refractivity contribution >= 4 is 51.0 Å². The number of aryl methyl sites for hydroxylation is 2. The van der Waals surface area contributed by atoms with Gasteiger partial charge in [0.25, 0.3) is 0 Å². The van der Waals surface area contributed by atoms with Crippen molar-refractivity contribution in [3.05, 3.63) is 203 Å². The standard InChI is InChI=1S/C48H42N4/c1-33-25-27-44-42(29-33)43-30-34(2)26-28-45(43)52(44)46(36(4)38-19-11-6-12-20-38)41(39-21-13-7-14-22-39)31-35(3)47(49)51-48(40-23-15-8-16-24-40)50-32-37-17-9-5-10-18-37/h5-32,36,49H,1-4H3/b35-31+,46-41-,49-47?,50-32?,51-48?. The van der Waals surface area contributed by atoms with Crippen molar-refractivity contribution in [2.75, 3.05) is 0 Å². The zero-order valence-electron chi connectivity index (χ0n) is 30.1. The topological polar surface area (TPSA) is 53.5 Å².